The second-order valence-corrected chi connectivity index (χ2v) is 6.14. The van der Waals surface area contributed by atoms with Crippen LogP contribution >= 0.6 is 15.9 Å². The molecule has 3 N–H and O–H groups in total. The molecule has 104 valence electrons. The first-order valence-electron chi connectivity index (χ1n) is 5.71. The second kappa shape index (κ2) is 5.61. The standard InChI is InChI=1S/C13H17BrN2O3/c1-13(2,3)16(7-11(17)18)12(19)8-4-9(14)6-10(15)5-8/h4-6H,7,15H2,1-3H3,(H,17,18). The van der Waals surface area contributed by atoms with Crippen LogP contribution in [0.3, 0.4) is 0 Å². The SMILES string of the molecule is CC(C)(C)N(CC(=O)O)C(=O)c1cc(N)cc(Br)c1. The maximum absolute atomic E-state index is 12.4. The third-order valence-electron chi connectivity index (χ3n) is 2.52. The summed E-state index contributed by atoms with van der Waals surface area (Å²) in [5.41, 5.74) is 5.91. The number of anilines is 1. The molecule has 0 aliphatic rings. The second-order valence-electron chi connectivity index (χ2n) is 5.23. The maximum atomic E-state index is 12.4. The summed E-state index contributed by atoms with van der Waals surface area (Å²) >= 11 is 3.26. The molecule has 5 nitrogen and oxygen atoms in total. The van der Waals surface area contributed by atoms with Gasteiger partial charge in [-0.1, -0.05) is 15.9 Å². The van der Waals surface area contributed by atoms with E-state index in [1.165, 1.54) is 11.0 Å². The summed E-state index contributed by atoms with van der Waals surface area (Å²) in [5, 5.41) is 8.92. The van der Waals surface area contributed by atoms with Crippen LogP contribution in [0.25, 0.3) is 0 Å². The average Bonchev–Trinajstić information content (AvgIpc) is 2.21. The number of halogens is 1. The lowest BCUT2D eigenvalue weighted by Crippen LogP contribution is -2.48. The third kappa shape index (κ3) is 4.24. The number of carbonyl (C=O) groups is 2. The minimum Gasteiger partial charge on any atom is -0.480 e. The van der Waals surface area contributed by atoms with Crippen molar-refractivity contribution in [2.24, 2.45) is 0 Å². The molecule has 19 heavy (non-hydrogen) atoms. The number of nitrogens with zero attached hydrogens (tertiary/aromatic N) is 1. The van der Waals surface area contributed by atoms with E-state index in [2.05, 4.69) is 15.9 Å². The molecular formula is C13H17BrN2O3. The number of aliphatic carboxylic acids is 1. The summed E-state index contributed by atoms with van der Waals surface area (Å²) in [6.07, 6.45) is 0. The number of rotatable bonds is 3. The third-order valence-corrected chi connectivity index (χ3v) is 2.97. The smallest absolute Gasteiger partial charge is 0.323 e. The van der Waals surface area contributed by atoms with E-state index in [1.54, 1.807) is 32.9 Å². The van der Waals surface area contributed by atoms with Crippen molar-refractivity contribution < 1.29 is 14.7 Å². The number of carboxylic acid groups (broad SMARTS) is 1. The molecule has 1 rings (SSSR count). The van der Waals surface area contributed by atoms with Gasteiger partial charge in [-0.15, -0.1) is 0 Å². The van der Waals surface area contributed by atoms with Crippen LogP contribution in [0.1, 0.15) is 31.1 Å². The van der Waals surface area contributed by atoms with Gasteiger partial charge in [-0.05, 0) is 39.0 Å². The maximum Gasteiger partial charge on any atom is 0.323 e. The summed E-state index contributed by atoms with van der Waals surface area (Å²) in [5.74, 6) is -1.41. The van der Waals surface area contributed by atoms with Crippen molar-refractivity contribution in [1.29, 1.82) is 0 Å². The van der Waals surface area contributed by atoms with Gasteiger partial charge in [-0.3, -0.25) is 9.59 Å². The van der Waals surface area contributed by atoms with Crippen LogP contribution in [-0.2, 0) is 4.79 Å². The van der Waals surface area contributed by atoms with E-state index < -0.39 is 11.5 Å². The van der Waals surface area contributed by atoms with Crippen LogP contribution in [0.15, 0.2) is 22.7 Å². The monoisotopic (exact) mass is 328 g/mol. The Balaban J connectivity index is 3.15. The van der Waals surface area contributed by atoms with Gasteiger partial charge in [-0.25, -0.2) is 0 Å². The van der Waals surface area contributed by atoms with E-state index in [0.29, 0.717) is 15.7 Å². The van der Waals surface area contributed by atoms with E-state index >= 15 is 0 Å². The van der Waals surface area contributed by atoms with Gasteiger partial charge < -0.3 is 15.7 Å². The van der Waals surface area contributed by atoms with Crippen molar-refractivity contribution >= 4 is 33.5 Å². The van der Waals surface area contributed by atoms with Crippen LogP contribution in [0.2, 0.25) is 0 Å². The fraction of sp³-hybridized carbons (Fsp3) is 0.385. The molecule has 0 unspecified atom stereocenters. The Labute approximate surface area is 120 Å². The lowest BCUT2D eigenvalue weighted by Gasteiger charge is -2.34. The van der Waals surface area contributed by atoms with E-state index in [4.69, 9.17) is 10.8 Å². The van der Waals surface area contributed by atoms with E-state index in [-0.39, 0.29) is 12.5 Å². The minimum atomic E-state index is -1.05. The van der Waals surface area contributed by atoms with Crippen molar-refractivity contribution in [1.82, 2.24) is 4.90 Å². The van der Waals surface area contributed by atoms with Crippen LogP contribution in [0, 0.1) is 0 Å². The number of hydrogen-bond donors (Lipinski definition) is 2. The first-order valence-corrected chi connectivity index (χ1v) is 6.50. The number of benzene rings is 1. The Morgan fingerprint density at radius 3 is 2.32 bits per heavy atom. The van der Waals surface area contributed by atoms with Gasteiger partial charge in [0.1, 0.15) is 6.54 Å². The summed E-state index contributed by atoms with van der Waals surface area (Å²) in [6.45, 7) is 5.01. The van der Waals surface area contributed by atoms with Gasteiger partial charge in [0.25, 0.3) is 5.91 Å². The summed E-state index contributed by atoms with van der Waals surface area (Å²) in [4.78, 5) is 24.6. The van der Waals surface area contributed by atoms with Crippen molar-refractivity contribution in [2.75, 3.05) is 12.3 Å². The molecule has 0 fully saturated rings. The highest BCUT2D eigenvalue weighted by molar-refractivity contribution is 9.10. The molecule has 0 atom stereocenters. The van der Waals surface area contributed by atoms with Crippen molar-refractivity contribution in [3.05, 3.63) is 28.2 Å². The highest BCUT2D eigenvalue weighted by Gasteiger charge is 2.29. The fourth-order valence-electron chi connectivity index (χ4n) is 1.64. The van der Waals surface area contributed by atoms with Gasteiger partial charge in [0, 0.05) is 21.3 Å². The van der Waals surface area contributed by atoms with E-state index in [0.717, 1.165) is 0 Å². The fourth-order valence-corrected chi connectivity index (χ4v) is 2.15. The van der Waals surface area contributed by atoms with Crippen LogP contribution < -0.4 is 5.73 Å². The topological polar surface area (TPSA) is 83.6 Å². The largest absolute Gasteiger partial charge is 0.480 e. The van der Waals surface area contributed by atoms with Gasteiger partial charge in [0.2, 0.25) is 0 Å². The molecule has 1 aromatic rings. The zero-order chi connectivity index (χ0) is 14.8. The average molecular weight is 329 g/mol. The van der Waals surface area contributed by atoms with Crippen molar-refractivity contribution in [3.8, 4) is 0 Å². The number of nitrogen functional groups attached to an aromatic ring is 1. The molecule has 0 spiro atoms. The number of carbonyl (C=O) groups excluding carboxylic acids is 1. The predicted molar refractivity (Wildman–Crippen MR) is 77.0 cm³/mol. The Bertz CT molecular complexity index is 489. The molecule has 0 aromatic heterocycles. The molecule has 0 saturated heterocycles. The number of hydrogen-bond acceptors (Lipinski definition) is 3. The molecule has 0 radical (unpaired) electrons. The minimum absolute atomic E-state index is 0.352. The van der Waals surface area contributed by atoms with Gasteiger partial charge in [-0.2, -0.15) is 0 Å². The molecular weight excluding hydrogens is 312 g/mol. The Morgan fingerprint density at radius 2 is 1.89 bits per heavy atom. The predicted octanol–water partition coefficient (Wildman–Crippen LogP) is 2.36. The molecule has 0 saturated carbocycles. The van der Waals surface area contributed by atoms with Gasteiger partial charge >= 0.3 is 5.97 Å². The highest BCUT2D eigenvalue weighted by atomic mass is 79.9. The lowest BCUT2D eigenvalue weighted by molar-refractivity contribution is -0.138. The zero-order valence-corrected chi connectivity index (χ0v) is 12.7. The molecule has 0 heterocycles. The van der Waals surface area contributed by atoms with Gasteiger partial charge in [0.15, 0.2) is 0 Å². The highest BCUT2D eigenvalue weighted by Crippen LogP contribution is 2.22. The number of amides is 1. The molecule has 0 bridgehead atoms. The first-order chi connectivity index (χ1) is 8.61. The molecule has 1 amide bonds. The molecule has 0 aliphatic carbocycles. The van der Waals surface area contributed by atoms with E-state index in [9.17, 15) is 9.59 Å². The molecule has 0 aliphatic heterocycles. The molecule has 6 heteroatoms. The Morgan fingerprint density at radius 1 is 1.32 bits per heavy atom. The lowest BCUT2D eigenvalue weighted by atomic mass is 10.0. The number of nitrogens with two attached hydrogens (primary N) is 1. The zero-order valence-electron chi connectivity index (χ0n) is 11.1. The van der Waals surface area contributed by atoms with Gasteiger partial charge in [0.05, 0.1) is 0 Å². The van der Waals surface area contributed by atoms with Crippen molar-refractivity contribution in [2.45, 2.75) is 26.3 Å². The van der Waals surface area contributed by atoms with Crippen LogP contribution in [0.4, 0.5) is 5.69 Å². The molecule has 1 aromatic carbocycles. The summed E-state index contributed by atoms with van der Waals surface area (Å²) in [7, 11) is 0. The van der Waals surface area contributed by atoms with Crippen LogP contribution in [0.5, 0.6) is 0 Å². The van der Waals surface area contributed by atoms with E-state index in [1.807, 2.05) is 0 Å². The summed E-state index contributed by atoms with van der Waals surface area (Å²) < 4.78 is 0.681. The van der Waals surface area contributed by atoms with Crippen molar-refractivity contribution in [3.63, 3.8) is 0 Å². The Kier molecular flexibility index (Phi) is 4.57. The Hall–Kier alpha value is -1.56. The summed E-state index contributed by atoms with van der Waals surface area (Å²) in [6, 6.07) is 4.84. The quantitative estimate of drug-likeness (QED) is 0.834. The number of carboxylic acids is 1. The van der Waals surface area contributed by atoms with Crippen LogP contribution in [-0.4, -0.2) is 34.0 Å². The normalized spacial score (nSPS) is 11.2. The first kappa shape index (κ1) is 15.5.